The zero-order valence-electron chi connectivity index (χ0n) is 17.3. The number of nitro benzene ring substituents is 1. The van der Waals surface area contributed by atoms with Crippen molar-refractivity contribution in [3.8, 4) is 17.2 Å². The molecule has 1 aliphatic rings. The Kier molecular flexibility index (Phi) is 6.73. The average molecular weight is 416 g/mol. The Morgan fingerprint density at radius 1 is 1.07 bits per heavy atom. The predicted molar refractivity (Wildman–Crippen MR) is 109 cm³/mol. The van der Waals surface area contributed by atoms with Crippen LogP contribution in [-0.4, -0.2) is 63.2 Å². The molecule has 9 nitrogen and oxygen atoms in total. The third-order valence-corrected chi connectivity index (χ3v) is 5.24. The van der Waals surface area contributed by atoms with Crippen molar-refractivity contribution in [3.63, 3.8) is 0 Å². The highest BCUT2D eigenvalue weighted by Crippen LogP contribution is 2.38. The van der Waals surface area contributed by atoms with E-state index in [0.29, 0.717) is 42.4 Å². The number of nitrogens with one attached hydrogen (secondary N) is 1. The number of rotatable bonds is 7. The van der Waals surface area contributed by atoms with Gasteiger partial charge in [-0.1, -0.05) is 12.1 Å². The van der Waals surface area contributed by atoms with E-state index in [4.69, 9.17) is 14.2 Å². The first-order valence-electron chi connectivity index (χ1n) is 9.63. The van der Waals surface area contributed by atoms with E-state index in [1.165, 1.54) is 32.3 Å². The van der Waals surface area contributed by atoms with Crippen LogP contribution in [0.5, 0.6) is 17.2 Å². The van der Waals surface area contributed by atoms with Crippen LogP contribution in [0.1, 0.15) is 15.9 Å². The Bertz CT molecular complexity index is 900. The van der Waals surface area contributed by atoms with Gasteiger partial charge in [-0.3, -0.25) is 14.9 Å². The molecule has 0 saturated carbocycles. The molecule has 1 N–H and O–H groups in total. The normalized spacial score (nSPS) is 14.3. The molecule has 1 aliphatic heterocycles. The molecule has 1 fully saturated rings. The van der Waals surface area contributed by atoms with E-state index in [1.807, 2.05) is 6.07 Å². The van der Waals surface area contributed by atoms with Gasteiger partial charge < -0.3 is 24.0 Å². The molecule has 3 rings (SSSR count). The number of benzene rings is 2. The van der Waals surface area contributed by atoms with Crippen molar-refractivity contribution in [1.82, 2.24) is 4.90 Å². The molecular weight excluding hydrogens is 390 g/mol. The topological polar surface area (TPSA) is 95.6 Å². The van der Waals surface area contributed by atoms with Crippen molar-refractivity contribution in [1.29, 1.82) is 0 Å². The third kappa shape index (κ3) is 4.62. The van der Waals surface area contributed by atoms with Gasteiger partial charge in [-0.05, 0) is 12.1 Å². The smallest absolute Gasteiger partial charge is 0.269 e. The van der Waals surface area contributed by atoms with Gasteiger partial charge in [0.15, 0.2) is 11.5 Å². The van der Waals surface area contributed by atoms with Gasteiger partial charge in [0.1, 0.15) is 6.54 Å². The number of non-ortho nitro benzene ring substituents is 1. The lowest BCUT2D eigenvalue weighted by atomic mass is 10.1. The van der Waals surface area contributed by atoms with Gasteiger partial charge in [-0.2, -0.15) is 0 Å². The highest BCUT2D eigenvalue weighted by Gasteiger charge is 2.26. The van der Waals surface area contributed by atoms with Gasteiger partial charge in [0.2, 0.25) is 5.75 Å². The summed E-state index contributed by atoms with van der Waals surface area (Å²) in [6.45, 7) is 3.41. The number of carbonyl (C=O) groups is 1. The summed E-state index contributed by atoms with van der Waals surface area (Å²) in [7, 11) is 4.55. The van der Waals surface area contributed by atoms with Crippen LogP contribution in [0.25, 0.3) is 0 Å². The number of hydrogen-bond acceptors (Lipinski definition) is 6. The lowest BCUT2D eigenvalue weighted by Crippen LogP contribution is -3.13. The lowest BCUT2D eigenvalue weighted by Gasteiger charge is -2.32. The monoisotopic (exact) mass is 416 g/mol. The number of hydrogen-bond donors (Lipinski definition) is 1. The van der Waals surface area contributed by atoms with Gasteiger partial charge in [0, 0.05) is 23.3 Å². The summed E-state index contributed by atoms with van der Waals surface area (Å²) in [6.07, 6.45) is 0. The SMILES string of the molecule is COc1cc(C(=O)N2CC[NH+](Cc3cccc([N+](=O)[O-])c3)CC2)cc(OC)c1OC. The lowest BCUT2D eigenvalue weighted by molar-refractivity contribution is -0.917. The van der Waals surface area contributed by atoms with Gasteiger partial charge in [0.25, 0.3) is 11.6 Å². The van der Waals surface area contributed by atoms with Crippen molar-refractivity contribution < 1.29 is 28.8 Å². The number of ether oxygens (including phenoxy) is 3. The largest absolute Gasteiger partial charge is 0.493 e. The van der Waals surface area contributed by atoms with E-state index < -0.39 is 0 Å². The minimum absolute atomic E-state index is 0.0938. The van der Waals surface area contributed by atoms with E-state index >= 15 is 0 Å². The molecule has 1 amide bonds. The quantitative estimate of drug-likeness (QED) is 0.538. The number of methoxy groups -OCH3 is 3. The van der Waals surface area contributed by atoms with Gasteiger partial charge in [-0.15, -0.1) is 0 Å². The summed E-state index contributed by atoms with van der Waals surface area (Å²) in [5.41, 5.74) is 1.50. The number of amides is 1. The minimum Gasteiger partial charge on any atom is -0.493 e. The molecule has 160 valence electrons. The summed E-state index contributed by atoms with van der Waals surface area (Å²) in [5.74, 6) is 1.23. The van der Waals surface area contributed by atoms with Crippen LogP contribution in [0.4, 0.5) is 5.69 Å². The number of piperazine rings is 1. The van der Waals surface area contributed by atoms with Crippen LogP contribution in [-0.2, 0) is 6.54 Å². The fourth-order valence-electron chi connectivity index (χ4n) is 3.66. The summed E-state index contributed by atoms with van der Waals surface area (Å²) in [4.78, 5) is 26.7. The summed E-state index contributed by atoms with van der Waals surface area (Å²) in [6, 6.07) is 10.0. The van der Waals surface area contributed by atoms with Crippen molar-refractivity contribution >= 4 is 11.6 Å². The highest BCUT2D eigenvalue weighted by molar-refractivity contribution is 5.95. The maximum atomic E-state index is 13.0. The number of nitrogens with zero attached hydrogens (tertiary/aromatic N) is 2. The van der Waals surface area contributed by atoms with E-state index in [9.17, 15) is 14.9 Å². The Balaban J connectivity index is 1.66. The molecule has 0 spiro atoms. The predicted octanol–water partition coefficient (Wildman–Crippen LogP) is 1.16. The van der Waals surface area contributed by atoms with Crippen molar-refractivity contribution in [3.05, 3.63) is 57.6 Å². The Morgan fingerprint density at radius 3 is 2.23 bits per heavy atom. The fourth-order valence-corrected chi connectivity index (χ4v) is 3.66. The molecule has 0 atom stereocenters. The van der Waals surface area contributed by atoms with Gasteiger partial charge in [0.05, 0.1) is 52.4 Å². The van der Waals surface area contributed by atoms with Crippen LogP contribution in [0.2, 0.25) is 0 Å². The van der Waals surface area contributed by atoms with Crippen molar-refractivity contribution in [2.24, 2.45) is 0 Å². The first kappa shape index (κ1) is 21.4. The van der Waals surface area contributed by atoms with Crippen LogP contribution in [0, 0.1) is 10.1 Å². The molecule has 2 aromatic rings. The van der Waals surface area contributed by atoms with Crippen LogP contribution in [0.3, 0.4) is 0 Å². The molecule has 0 bridgehead atoms. The van der Waals surface area contributed by atoms with Crippen LogP contribution < -0.4 is 19.1 Å². The van der Waals surface area contributed by atoms with Gasteiger partial charge in [-0.25, -0.2) is 0 Å². The Hall–Kier alpha value is -3.33. The second-order valence-electron chi connectivity index (χ2n) is 7.06. The number of nitro groups is 1. The molecular formula is C21H26N3O6+. The first-order chi connectivity index (χ1) is 14.5. The van der Waals surface area contributed by atoms with E-state index in [1.54, 1.807) is 29.2 Å². The zero-order valence-corrected chi connectivity index (χ0v) is 17.3. The molecule has 0 unspecified atom stereocenters. The molecule has 1 saturated heterocycles. The van der Waals surface area contributed by atoms with E-state index in [0.717, 1.165) is 18.7 Å². The molecule has 2 aromatic carbocycles. The number of carbonyl (C=O) groups excluding carboxylic acids is 1. The summed E-state index contributed by atoms with van der Waals surface area (Å²) in [5, 5.41) is 11.0. The number of quaternary nitrogens is 1. The minimum atomic E-state index is -0.382. The molecule has 1 heterocycles. The summed E-state index contributed by atoms with van der Waals surface area (Å²) < 4.78 is 16.0. The molecule has 0 radical (unpaired) electrons. The van der Waals surface area contributed by atoms with Crippen molar-refractivity contribution in [2.45, 2.75) is 6.54 Å². The third-order valence-electron chi connectivity index (χ3n) is 5.24. The van der Waals surface area contributed by atoms with Crippen molar-refractivity contribution in [2.75, 3.05) is 47.5 Å². The zero-order chi connectivity index (χ0) is 21.7. The second kappa shape index (κ2) is 9.45. The molecule has 9 heteroatoms. The standard InChI is InChI=1S/C21H25N3O6/c1-28-18-12-16(13-19(29-2)20(18)30-3)21(25)23-9-7-22(8-10-23)14-15-5-4-6-17(11-15)24(26)27/h4-6,11-13H,7-10,14H2,1-3H3/p+1. The van der Waals surface area contributed by atoms with E-state index in [2.05, 4.69) is 0 Å². The second-order valence-corrected chi connectivity index (χ2v) is 7.06. The average Bonchev–Trinajstić information content (AvgIpc) is 2.78. The van der Waals surface area contributed by atoms with E-state index in [-0.39, 0.29) is 16.5 Å². The maximum absolute atomic E-state index is 13.0. The van der Waals surface area contributed by atoms with Crippen LogP contribution >= 0.6 is 0 Å². The molecule has 30 heavy (non-hydrogen) atoms. The first-order valence-corrected chi connectivity index (χ1v) is 9.63. The fraction of sp³-hybridized carbons (Fsp3) is 0.381. The maximum Gasteiger partial charge on any atom is 0.269 e. The molecule has 0 aliphatic carbocycles. The van der Waals surface area contributed by atoms with Gasteiger partial charge >= 0.3 is 0 Å². The highest BCUT2D eigenvalue weighted by atomic mass is 16.6. The Morgan fingerprint density at radius 2 is 1.70 bits per heavy atom. The molecule has 0 aromatic heterocycles. The van der Waals surface area contributed by atoms with Crippen LogP contribution in [0.15, 0.2) is 36.4 Å². The summed E-state index contributed by atoms with van der Waals surface area (Å²) >= 11 is 0. The Labute approximate surface area is 174 Å².